The smallest absolute Gasteiger partial charge is 0.248 e. The lowest BCUT2D eigenvalue weighted by molar-refractivity contribution is -0.111. The quantitative estimate of drug-likeness (QED) is 0.478. The van der Waals surface area contributed by atoms with Crippen LogP contribution < -0.4 is 11.1 Å². The first-order valence-electron chi connectivity index (χ1n) is 7.78. The zero-order valence-electron chi connectivity index (χ0n) is 13.5. The fraction of sp³-hybridized carbons (Fsp3) is 0.0500. The van der Waals surface area contributed by atoms with E-state index >= 15 is 0 Å². The van der Waals surface area contributed by atoms with Gasteiger partial charge in [0.1, 0.15) is 0 Å². The van der Waals surface area contributed by atoms with Crippen LogP contribution in [0.15, 0.2) is 66.1 Å². The molecular weight excluding hydrogens is 332 g/mol. The van der Waals surface area contributed by atoms with Crippen molar-refractivity contribution in [2.75, 3.05) is 11.1 Å². The van der Waals surface area contributed by atoms with Crippen LogP contribution in [0, 0.1) is 0 Å². The lowest BCUT2D eigenvalue weighted by Gasteiger charge is -2.08. The SMILES string of the molecule is Nc1ccc(-c2cccs2)cc1NC(=O)C=Cc1ccc(CO)cc1. The number of anilines is 2. The molecule has 3 aromatic rings. The fourth-order valence-corrected chi connectivity index (χ4v) is 3.07. The minimum Gasteiger partial charge on any atom is -0.397 e. The Bertz CT molecular complexity index is 885. The molecule has 0 unspecified atom stereocenters. The molecule has 0 bridgehead atoms. The lowest BCUT2D eigenvalue weighted by Crippen LogP contribution is -2.09. The zero-order valence-corrected chi connectivity index (χ0v) is 14.3. The van der Waals surface area contributed by atoms with E-state index in [1.54, 1.807) is 23.5 Å². The topological polar surface area (TPSA) is 75.3 Å². The third-order valence-electron chi connectivity index (χ3n) is 3.71. The standard InChI is InChI=1S/C20H18N2O2S/c21-17-9-8-16(19-2-1-11-25-19)12-18(17)22-20(24)10-7-14-3-5-15(13-23)6-4-14/h1-12,23H,13,21H2,(H,22,24). The molecule has 2 aromatic carbocycles. The van der Waals surface area contributed by atoms with Crippen molar-refractivity contribution in [3.63, 3.8) is 0 Å². The van der Waals surface area contributed by atoms with Gasteiger partial charge in [-0.1, -0.05) is 36.4 Å². The number of thiophene rings is 1. The van der Waals surface area contributed by atoms with Gasteiger partial charge in [-0.2, -0.15) is 0 Å². The first-order chi connectivity index (χ1) is 12.2. The van der Waals surface area contributed by atoms with Crippen LogP contribution in [-0.4, -0.2) is 11.0 Å². The van der Waals surface area contributed by atoms with Crippen LogP contribution in [0.4, 0.5) is 11.4 Å². The maximum Gasteiger partial charge on any atom is 0.248 e. The van der Waals surface area contributed by atoms with E-state index in [0.717, 1.165) is 21.6 Å². The predicted molar refractivity (Wildman–Crippen MR) is 104 cm³/mol. The highest BCUT2D eigenvalue weighted by atomic mass is 32.1. The molecule has 0 saturated carbocycles. The number of carbonyl (C=O) groups excluding carboxylic acids is 1. The summed E-state index contributed by atoms with van der Waals surface area (Å²) in [7, 11) is 0. The van der Waals surface area contributed by atoms with Crippen molar-refractivity contribution in [3.05, 3.63) is 77.2 Å². The maximum absolute atomic E-state index is 12.2. The Balaban J connectivity index is 1.71. The molecule has 1 heterocycles. The molecule has 4 nitrogen and oxygen atoms in total. The van der Waals surface area contributed by atoms with Gasteiger partial charge in [-0.05, 0) is 46.3 Å². The van der Waals surface area contributed by atoms with Gasteiger partial charge in [0.15, 0.2) is 0 Å². The van der Waals surface area contributed by atoms with E-state index in [1.807, 2.05) is 53.9 Å². The van der Waals surface area contributed by atoms with Crippen molar-refractivity contribution in [2.24, 2.45) is 0 Å². The molecule has 0 aliphatic heterocycles. The summed E-state index contributed by atoms with van der Waals surface area (Å²) in [5, 5.41) is 13.9. The first-order valence-corrected chi connectivity index (χ1v) is 8.66. The molecule has 0 atom stereocenters. The summed E-state index contributed by atoms with van der Waals surface area (Å²) in [6.45, 7) is 0.00430. The lowest BCUT2D eigenvalue weighted by atomic mass is 10.1. The molecule has 25 heavy (non-hydrogen) atoms. The van der Waals surface area contributed by atoms with Crippen LogP contribution in [0.2, 0.25) is 0 Å². The number of hydrogen-bond acceptors (Lipinski definition) is 4. The Morgan fingerprint density at radius 2 is 1.96 bits per heavy atom. The Hall–Kier alpha value is -2.89. The summed E-state index contributed by atoms with van der Waals surface area (Å²) in [4.78, 5) is 13.3. The number of carbonyl (C=O) groups is 1. The third kappa shape index (κ3) is 4.35. The largest absolute Gasteiger partial charge is 0.397 e. The maximum atomic E-state index is 12.2. The number of rotatable bonds is 5. The van der Waals surface area contributed by atoms with E-state index in [4.69, 9.17) is 10.8 Å². The molecule has 4 N–H and O–H groups in total. The molecule has 5 heteroatoms. The van der Waals surface area contributed by atoms with Crippen LogP contribution in [0.1, 0.15) is 11.1 Å². The fourth-order valence-electron chi connectivity index (χ4n) is 2.34. The second kappa shape index (κ2) is 7.79. The average molecular weight is 350 g/mol. The first kappa shape index (κ1) is 17.0. The van der Waals surface area contributed by atoms with Gasteiger partial charge >= 0.3 is 0 Å². The second-order valence-corrected chi connectivity index (χ2v) is 6.45. The van der Waals surface area contributed by atoms with Crippen LogP contribution in [-0.2, 0) is 11.4 Å². The molecule has 0 saturated heterocycles. The zero-order chi connectivity index (χ0) is 17.6. The van der Waals surface area contributed by atoms with Gasteiger partial charge in [-0.25, -0.2) is 0 Å². The summed E-state index contributed by atoms with van der Waals surface area (Å²) >= 11 is 1.63. The van der Waals surface area contributed by atoms with Crippen LogP contribution >= 0.6 is 11.3 Å². The number of amides is 1. The Morgan fingerprint density at radius 1 is 1.16 bits per heavy atom. The van der Waals surface area contributed by atoms with Crippen molar-refractivity contribution in [2.45, 2.75) is 6.61 Å². The average Bonchev–Trinajstić information content (AvgIpc) is 3.17. The minimum absolute atomic E-state index is 0.00430. The molecule has 3 rings (SSSR count). The van der Waals surface area contributed by atoms with Gasteiger partial charge in [-0.15, -0.1) is 11.3 Å². The van der Waals surface area contributed by atoms with Crippen molar-refractivity contribution in [3.8, 4) is 10.4 Å². The van der Waals surface area contributed by atoms with Gasteiger partial charge in [0, 0.05) is 11.0 Å². The number of aliphatic hydroxyl groups excluding tert-OH is 1. The van der Waals surface area contributed by atoms with E-state index < -0.39 is 0 Å². The molecule has 1 aromatic heterocycles. The molecule has 1 amide bonds. The van der Waals surface area contributed by atoms with E-state index in [2.05, 4.69) is 5.32 Å². The van der Waals surface area contributed by atoms with E-state index in [-0.39, 0.29) is 12.5 Å². The van der Waals surface area contributed by atoms with Crippen LogP contribution in [0.3, 0.4) is 0 Å². The van der Waals surface area contributed by atoms with E-state index in [0.29, 0.717) is 11.4 Å². The van der Waals surface area contributed by atoms with Gasteiger partial charge in [0.25, 0.3) is 0 Å². The monoisotopic (exact) mass is 350 g/mol. The number of nitrogens with one attached hydrogen (secondary N) is 1. The van der Waals surface area contributed by atoms with Gasteiger partial charge in [0.2, 0.25) is 5.91 Å². The Morgan fingerprint density at radius 3 is 2.64 bits per heavy atom. The number of benzene rings is 2. The third-order valence-corrected chi connectivity index (χ3v) is 4.63. The number of nitrogens with two attached hydrogens (primary N) is 1. The van der Waals surface area contributed by atoms with Crippen LogP contribution in [0.25, 0.3) is 16.5 Å². The van der Waals surface area contributed by atoms with Gasteiger partial charge in [-0.3, -0.25) is 4.79 Å². The highest BCUT2D eigenvalue weighted by Crippen LogP contribution is 2.30. The highest BCUT2D eigenvalue weighted by Gasteiger charge is 2.06. The summed E-state index contributed by atoms with van der Waals surface area (Å²) in [5.74, 6) is -0.249. The molecule has 0 radical (unpaired) electrons. The summed E-state index contributed by atoms with van der Waals surface area (Å²) in [6, 6.07) is 17.0. The Labute approximate surface area is 150 Å². The molecule has 126 valence electrons. The molecule has 0 fully saturated rings. The minimum atomic E-state index is -0.249. The Kier molecular flexibility index (Phi) is 5.28. The van der Waals surface area contributed by atoms with Crippen molar-refractivity contribution < 1.29 is 9.90 Å². The summed E-state index contributed by atoms with van der Waals surface area (Å²) < 4.78 is 0. The molecule has 0 spiro atoms. The molecule has 0 aliphatic rings. The summed E-state index contributed by atoms with van der Waals surface area (Å²) in [5.41, 5.74) is 9.82. The molecular formula is C20H18N2O2S. The van der Waals surface area contributed by atoms with Crippen LogP contribution in [0.5, 0.6) is 0 Å². The number of hydrogen-bond donors (Lipinski definition) is 3. The van der Waals surface area contributed by atoms with E-state index in [1.165, 1.54) is 6.08 Å². The number of nitrogen functional groups attached to an aromatic ring is 1. The molecule has 0 aliphatic carbocycles. The van der Waals surface area contributed by atoms with E-state index in [9.17, 15) is 4.79 Å². The summed E-state index contributed by atoms with van der Waals surface area (Å²) in [6.07, 6.45) is 3.18. The normalized spacial score (nSPS) is 10.9. The van der Waals surface area contributed by atoms with Crippen molar-refractivity contribution in [1.29, 1.82) is 0 Å². The van der Waals surface area contributed by atoms with Crippen molar-refractivity contribution in [1.82, 2.24) is 0 Å². The van der Waals surface area contributed by atoms with Gasteiger partial charge < -0.3 is 16.2 Å². The predicted octanol–water partition coefficient (Wildman–Crippen LogP) is 4.14. The van der Waals surface area contributed by atoms with Gasteiger partial charge in [0.05, 0.1) is 18.0 Å². The number of aliphatic hydroxyl groups is 1. The second-order valence-electron chi connectivity index (χ2n) is 5.50. The highest BCUT2D eigenvalue weighted by molar-refractivity contribution is 7.13. The van der Waals surface area contributed by atoms with Crippen molar-refractivity contribution >= 4 is 34.7 Å².